The highest BCUT2D eigenvalue weighted by Crippen LogP contribution is 2.28. The minimum Gasteiger partial charge on any atom is -0.464 e. The zero-order chi connectivity index (χ0) is 23.4. The van der Waals surface area contributed by atoms with Gasteiger partial charge in [0.15, 0.2) is 0 Å². The van der Waals surface area contributed by atoms with Crippen LogP contribution in [0.4, 0.5) is 8.78 Å². The van der Waals surface area contributed by atoms with E-state index < -0.39 is 0 Å². The monoisotopic (exact) mass is 452 g/mol. The van der Waals surface area contributed by atoms with Crippen LogP contribution in [0.1, 0.15) is 35.5 Å². The predicted octanol–water partition coefficient (Wildman–Crippen LogP) is 4.63. The first-order chi connectivity index (χ1) is 15.9. The van der Waals surface area contributed by atoms with Crippen LogP contribution in [0.25, 0.3) is 0 Å². The van der Waals surface area contributed by atoms with Crippen molar-refractivity contribution in [2.45, 2.75) is 45.3 Å². The summed E-state index contributed by atoms with van der Waals surface area (Å²) in [7, 11) is 0. The summed E-state index contributed by atoms with van der Waals surface area (Å²) in [5.74, 6) is 0.308. The Morgan fingerprint density at radius 3 is 2.00 bits per heavy atom. The molecule has 7 heteroatoms. The molecule has 0 aliphatic heterocycles. The SMILES string of the molecule is Cc1ccc(CN(Cc2ccc(F)cc2)C(=O)CN(C(=O)Cc2ccc(F)cc2)C2CC2)o1. The molecule has 172 valence electrons. The molecular weight excluding hydrogens is 426 g/mol. The summed E-state index contributed by atoms with van der Waals surface area (Å²) >= 11 is 0. The van der Waals surface area contributed by atoms with E-state index in [1.54, 1.807) is 34.1 Å². The highest BCUT2D eigenvalue weighted by molar-refractivity contribution is 5.86. The predicted molar refractivity (Wildman–Crippen MR) is 119 cm³/mol. The molecule has 1 aliphatic rings. The zero-order valence-electron chi connectivity index (χ0n) is 18.5. The maximum atomic E-state index is 13.3. The van der Waals surface area contributed by atoms with Crippen molar-refractivity contribution in [3.05, 3.63) is 94.9 Å². The molecule has 33 heavy (non-hydrogen) atoms. The Hall–Kier alpha value is -3.48. The standard InChI is InChI=1S/C26H26F2N2O3/c1-18-2-13-24(33-18)16-29(15-20-5-9-22(28)10-6-20)26(32)17-30(23-11-12-23)25(31)14-19-3-7-21(27)8-4-19/h2-10,13,23H,11-12,14-17H2,1H3. The van der Waals surface area contributed by atoms with Crippen LogP contribution < -0.4 is 0 Å². The van der Waals surface area contributed by atoms with Gasteiger partial charge in [-0.3, -0.25) is 9.59 Å². The first kappa shape index (κ1) is 22.7. The molecule has 0 saturated heterocycles. The van der Waals surface area contributed by atoms with E-state index in [4.69, 9.17) is 4.42 Å². The molecule has 0 atom stereocenters. The van der Waals surface area contributed by atoms with Crippen molar-refractivity contribution in [2.24, 2.45) is 0 Å². The van der Waals surface area contributed by atoms with Crippen molar-refractivity contribution in [2.75, 3.05) is 6.54 Å². The Kier molecular flexibility index (Phi) is 6.87. The molecule has 2 amide bonds. The largest absolute Gasteiger partial charge is 0.464 e. The minimum absolute atomic E-state index is 0.0421. The molecule has 0 radical (unpaired) electrons. The molecule has 2 aromatic carbocycles. The smallest absolute Gasteiger partial charge is 0.242 e. The van der Waals surface area contributed by atoms with Gasteiger partial charge in [0.25, 0.3) is 0 Å². The first-order valence-electron chi connectivity index (χ1n) is 11.0. The number of hydrogen-bond donors (Lipinski definition) is 0. The number of furan rings is 1. The number of carbonyl (C=O) groups excluding carboxylic acids is 2. The van der Waals surface area contributed by atoms with Crippen LogP contribution in [0.5, 0.6) is 0 Å². The lowest BCUT2D eigenvalue weighted by Gasteiger charge is -2.27. The summed E-state index contributed by atoms with van der Waals surface area (Å²) in [5.41, 5.74) is 1.48. The van der Waals surface area contributed by atoms with Crippen molar-refractivity contribution < 1.29 is 22.8 Å². The van der Waals surface area contributed by atoms with Crippen LogP contribution in [0.2, 0.25) is 0 Å². The highest BCUT2D eigenvalue weighted by Gasteiger charge is 2.34. The molecule has 4 rings (SSSR count). The Morgan fingerprint density at radius 1 is 0.848 bits per heavy atom. The third-order valence-corrected chi connectivity index (χ3v) is 5.66. The average Bonchev–Trinajstić information content (AvgIpc) is 3.55. The Balaban J connectivity index is 1.48. The summed E-state index contributed by atoms with van der Waals surface area (Å²) in [5, 5.41) is 0. The Labute approximate surface area is 191 Å². The maximum Gasteiger partial charge on any atom is 0.242 e. The van der Waals surface area contributed by atoms with E-state index in [9.17, 15) is 18.4 Å². The molecule has 0 spiro atoms. The summed E-state index contributed by atoms with van der Waals surface area (Å²) in [6.45, 7) is 2.29. The van der Waals surface area contributed by atoms with E-state index in [1.807, 2.05) is 19.1 Å². The van der Waals surface area contributed by atoms with E-state index in [2.05, 4.69) is 0 Å². The second-order valence-corrected chi connectivity index (χ2v) is 8.44. The van der Waals surface area contributed by atoms with Gasteiger partial charge in [-0.25, -0.2) is 8.78 Å². The van der Waals surface area contributed by atoms with Gasteiger partial charge in [-0.1, -0.05) is 24.3 Å². The number of carbonyl (C=O) groups is 2. The summed E-state index contributed by atoms with van der Waals surface area (Å²) in [6, 6.07) is 15.5. The quantitative estimate of drug-likeness (QED) is 0.476. The maximum absolute atomic E-state index is 13.3. The fraction of sp³-hybridized carbons (Fsp3) is 0.308. The van der Waals surface area contributed by atoms with E-state index in [1.165, 1.54) is 24.3 Å². The van der Waals surface area contributed by atoms with Crippen LogP contribution in [0, 0.1) is 18.6 Å². The van der Waals surface area contributed by atoms with E-state index in [0.29, 0.717) is 11.3 Å². The normalized spacial score (nSPS) is 13.1. The van der Waals surface area contributed by atoms with Crippen LogP contribution >= 0.6 is 0 Å². The molecule has 0 N–H and O–H groups in total. The molecule has 5 nitrogen and oxygen atoms in total. The van der Waals surface area contributed by atoms with Crippen LogP contribution in [0.15, 0.2) is 65.1 Å². The van der Waals surface area contributed by atoms with Crippen LogP contribution in [-0.2, 0) is 29.1 Å². The molecule has 1 fully saturated rings. The second kappa shape index (κ2) is 9.98. The fourth-order valence-corrected chi connectivity index (χ4v) is 3.73. The zero-order valence-corrected chi connectivity index (χ0v) is 18.5. The molecular formula is C26H26F2N2O3. The molecule has 3 aromatic rings. The number of benzene rings is 2. The lowest BCUT2D eigenvalue weighted by atomic mass is 10.1. The van der Waals surface area contributed by atoms with Crippen molar-refractivity contribution in [3.8, 4) is 0 Å². The average molecular weight is 453 g/mol. The third-order valence-electron chi connectivity index (χ3n) is 5.66. The van der Waals surface area contributed by atoms with Crippen molar-refractivity contribution in [1.29, 1.82) is 0 Å². The molecule has 1 saturated carbocycles. The lowest BCUT2D eigenvalue weighted by molar-refractivity contribution is -0.141. The van der Waals surface area contributed by atoms with Crippen molar-refractivity contribution in [1.82, 2.24) is 9.80 Å². The van der Waals surface area contributed by atoms with Gasteiger partial charge < -0.3 is 14.2 Å². The minimum atomic E-state index is -0.356. The summed E-state index contributed by atoms with van der Waals surface area (Å²) < 4.78 is 32.2. The highest BCUT2D eigenvalue weighted by atomic mass is 19.1. The number of nitrogens with zero attached hydrogens (tertiary/aromatic N) is 2. The third kappa shape index (κ3) is 6.28. The van der Waals surface area contributed by atoms with Gasteiger partial charge in [-0.2, -0.15) is 0 Å². The van der Waals surface area contributed by atoms with Crippen molar-refractivity contribution in [3.63, 3.8) is 0 Å². The lowest BCUT2D eigenvalue weighted by Crippen LogP contribution is -2.44. The molecule has 1 aromatic heterocycles. The molecule has 1 heterocycles. The van der Waals surface area contributed by atoms with Crippen LogP contribution in [0.3, 0.4) is 0 Å². The first-order valence-corrected chi connectivity index (χ1v) is 11.0. The summed E-state index contributed by atoms with van der Waals surface area (Å²) in [4.78, 5) is 29.6. The van der Waals surface area contributed by atoms with Gasteiger partial charge in [0.1, 0.15) is 29.7 Å². The van der Waals surface area contributed by atoms with Gasteiger partial charge >= 0.3 is 0 Å². The molecule has 0 bridgehead atoms. The van der Waals surface area contributed by atoms with Gasteiger partial charge in [0.05, 0.1) is 13.0 Å². The Morgan fingerprint density at radius 2 is 1.45 bits per heavy atom. The topological polar surface area (TPSA) is 53.8 Å². The van der Waals surface area contributed by atoms with Gasteiger partial charge in [-0.15, -0.1) is 0 Å². The number of aryl methyl sites for hydroxylation is 1. The second-order valence-electron chi connectivity index (χ2n) is 8.44. The van der Waals surface area contributed by atoms with E-state index in [0.717, 1.165) is 24.2 Å². The molecule has 0 unspecified atom stereocenters. The number of hydrogen-bond acceptors (Lipinski definition) is 3. The van der Waals surface area contributed by atoms with Gasteiger partial charge in [-0.05, 0) is 67.3 Å². The van der Waals surface area contributed by atoms with Gasteiger partial charge in [0, 0.05) is 12.6 Å². The fourth-order valence-electron chi connectivity index (χ4n) is 3.73. The van der Waals surface area contributed by atoms with Crippen molar-refractivity contribution >= 4 is 11.8 Å². The van der Waals surface area contributed by atoms with Gasteiger partial charge in [0.2, 0.25) is 11.8 Å². The van der Waals surface area contributed by atoms with E-state index in [-0.39, 0.29) is 55.5 Å². The van der Waals surface area contributed by atoms with Crippen LogP contribution in [-0.4, -0.2) is 34.2 Å². The van der Waals surface area contributed by atoms with E-state index >= 15 is 0 Å². The summed E-state index contributed by atoms with van der Waals surface area (Å²) in [6.07, 6.45) is 1.83. The number of rotatable bonds is 9. The Bertz CT molecular complexity index is 1110. The number of amides is 2. The molecule has 1 aliphatic carbocycles. The number of halogens is 2.